The number of carboxylic acids is 1. The van der Waals surface area contributed by atoms with Crippen LogP contribution in [0.25, 0.3) is 0 Å². The third-order valence-corrected chi connectivity index (χ3v) is 2.40. The second-order valence-corrected chi connectivity index (χ2v) is 3.83. The molecule has 2 rings (SSSR count). The van der Waals surface area contributed by atoms with Crippen molar-refractivity contribution >= 4 is 28.9 Å². The molecule has 5 nitrogen and oxygen atoms in total. The highest BCUT2D eigenvalue weighted by Gasteiger charge is 2.10. The summed E-state index contributed by atoms with van der Waals surface area (Å²) >= 11 is 0. The Morgan fingerprint density at radius 3 is 1.89 bits per heavy atom. The number of para-hydroxylation sites is 1. The van der Waals surface area contributed by atoms with E-state index in [-0.39, 0.29) is 0 Å². The Morgan fingerprint density at radius 2 is 1.32 bits per heavy atom. The van der Waals surface area contributed by atoms with Crippen LogP contribution in [-0.2, 0) is 9.59 Å². The Labute approximate surface area is 109 Å². The van der Waals surface area contributed by atoms with Crippen LogP contribution in [0.5, 0.6) is 0 Å². The lowest BCUT2D eigenvalue weighted by Crippen LogP contribution is -2.21. The van der Waals surface area contributed by atoms with Crippen molar-refractivity contribution in [2.75, 3.05) is 10.6 Å². The molecule has 0 aromatic heterocycles. The first kappa shape index (κ1) is 12.6. The van der Waals surface area contributed by atoms with Gasteiger partial charge in [0.2, 0.25) is 0 Å². The predicted molar refractivity (Wildman–Crippen MR) is 72.4 cm³/mol. The van der Waals surface area contributed by atoms with E-state index in [1.165, 1.54) is 0 Å². The largest absolute Gasteiger partial charge is 0.474 e. The van der Waals surface area contributed by atoms with Crippen LogP contribution in [0.1, 0.15) is 0 Å². The third-order valence-electron chi connectivity index (χ3n) is 2.40. The van der Waals surface area contributed by atoms with Crippen molar-refractivity contribution in [3.63, 3.8) is 0 Å². The maximum atomic E-state index is 11.0. The van der Waals surface area contributed by atoms with Gasteiger partial charge in [-0.1, -0.05) is 18.2 Å². The number of carbonyl (C=O) groups excluding carboxylic acids is 1. The van der Waals surface area contributed by atoms with E-state index in [4.69, 9.17) is 5.11 Å². The van der Waals surface area contributed by atoms with Crippen molar-refractivity contribution in [3.05, 3.63) is 54.6 Å². The molecule has 0 bridgehead atoms. The van der Waals surface area contributed by atoms with Gasteiger partial charge >= 0.3 is 11.9 Å². The summed E-state index contributed by atoms with van der Waals surface area (Å²) in [5.74, 6) is -2.56. The van der Waals surface area contributed by atoms with Crippen LogP contribution in [0.2, 0.25) is 0 Å². The van der Waals surface area contributed by atoms with E-state index in [0.717, 1.165) is 11.4 Å². The fraction of sp³-hybridized carbons (Fsp3) is 0. The fourth-order valence-electron chi connectivity index (χ4n) is 1.51. The summed E-state index contributed by atoms with van der Waals surface area (Å²) < 4.78 is 0. The Bertz CT molecular complexity index is 579. The monoisotopic (exact) mass is 256 g/mol. The van der Waals surface area contributed by atoms with E-state index in [1.807, 2.05) is 30.3 Å². The zero-order chi connectivity index (χ0) is 13.7. The van der Waals surface area contributed by atoms with Gasteiger partial charge in [-0.15, -0.1) is 0 Å². The molecule has 0 aliphatic heterocycles. The number of anilines is 3. The predicted octanol–water partition coefficient (Wildman–Crippen LogP) is 2.45. The molecular weight excluding hydrogens is 244 g/mol. The van der Waals surface area contributed by atoms with E-state index in [0.29, 0.717) is 5.69 Å². The van der Waals surface area contributed by atoms with Gasteiger partial charge in [-0.05, 0) is 36.4 Å². The molecule has 2 aromatic carbocycles. The van der Waals surface area contributed by atoms with Crippen LogP contribution < -0.4 is 10.6 Å². The number of aliphatic carboxylic acids is 1. The van der Waals surface area contributed by atoms with Gasteiger partial charge in [0.25, 0.3) is 0 Å². The standard InChI is InChI=1S/C14H12N2O3/c17-13(14(18)19)16-12-8-6-11(7-9-12)15-10-4-2-1-3-5-10/h1-9,15H,(H,16,17)(H,18,19). The lowest BCUT2D eigenvalue weighted by Gasteiger charge is -2.07. The molecule has 19 heavy (non-hydrogen) atoms. The topological polar surface area (TPSA) is 78.4 Å². The van der Waals surface area contributed by atoms with Gasteiger partial charge in [0.05, 0.1) is 0 Å². The van der Waals surface area contributed by atoms with Crippen molar-refractivity contribution in [2.24, 2.45) is 0 Å². The molecule has 0 atom stereocenters. The van der Waals surface area contributed by atoms with Gasteiger partial charge in [0.15, 0.2) is 0 Å². The average Bonchev–Trinajstić information content (AvgIpc) is 2.42. The number of amides is 1. The Hall–Kier alpha value is -2.82. The first-order chi connectivity index (χ1) is 9.15. The van der Waals surface area contributed by atoms with Gasteiger partial charge in [-0.3, -0.25) is 4.79 Å². The van der Waals surface area contributed by atoms with E-state index in [2.05, 4.69) is 10.6 Å². The maximum absolute atomic E-state index is 11.0. The van der Waals surface area contributed by atoms with E-state index >= 15 is 0 Å². The summed E-state index contributed by atoms with van der Waals surface area (Å²) in [4.78, 5) is 21.3. The highest BCUT2D eigenvalue weighted by atomic mass is 16.4. The first-order valence-corrected chi connectivity index (χ1v) is 5.61. The maximum Gasteiger partial charge on any atom is 0.394 e. The zero-order valence-corrected chi connectivity index (χ0v) is 9.96. The molecule has 0 aliphatic carbocycles. The van der Waals surface area contributed by atoms with Crippen LogP contribution in [0.3, 0.4) is 0 Å². The second-order valence-electron chi connectivity index (χ2n) is 3.83. The number of carbonyl (C=O) groups is 2. The highest BCUT2D eigenvalue weighted by molar-refractivity contribution is 6.36. The smallest absolute Gasteiger partial charge is 0.394 e. The Balaban J connectivity index is 2.03. The van der Waals surface area contributed by atoms with E-state index in [9.17, 15) is 9.59 Å². The summed E-state index contributed by atoms with van der Waals surface area (Å²) in [6, 6.07) is 16.4. The van der Waals surface area contributed by atoms with Crippen molar-refractivity contribution in [1.82, 2.24) is 0 Å². The fourth-order valence-corrected chi connectivity index (χ4v) is 1.51. The first-order valence-electron chi connectivity index (χ1n) is 5.61. The molecule has 0 fully saturated rings. The lowest BCUT2D eigenvalue weighted by atomic mass is 10.2. The number of benzene rings is 2. The summed E-state index contributed by atoms with van der Waals surface area (Å²) in [6.07, 6.45) is 0. The van der Waals surface area contributed by atoms with Crippen LogP contribution in [0.15, 0.2) is 54.6 Å². The van der Waals surface area contributed by atoms with Crippen molar-refractivity contribution in [3.8, 4) is 0 Å². The number of hydrogen-bond acceptors (Lipinski definition) is 3. The SMILES string of the molecule is O=C(O)C(=O)Nc1ccc(Nc2ccccc2)cc1. The molecule has 5 heteroatoms. The van der Waals surface area contributed by atoms with Crippen molar-refractivity contribution in [1.29, 1.82) is 0 Å². The second kappa shape index (κ2) is 5.68. The zero-order valence-electron chi connectivity index (χ0n) is 9.96. The lowest BCUT2D eigenvalue weighted by molar-refractivity contribution is -0.147. The van der Waals surface area contributed by atoms with Gasteiger partial charge < -0.3 is 15.7 Å². The third kappa shape index (κ3) is 3.57. The van der Waals surface area contributed by atoms with E-state index < -0.39 is 11.9 Å². The molecule has 0 radical (unpaired) electrons. The van der Waals surface area contributed by atoms with Crippen LogP contribution in [0, 0.1) is 0 Å². The van der Waals surface area contributed by atoms with Crippen molar-refractivity contribution in [2.45, 2.75) is 0 Å². The number of carboxylic acid groups (broad SMARTS) is 1. The van der Waals surface area contributed by atoms with Crippen LogP contribution in [0.4, 0.5) is 17.1 Å². The normalized spacial score (nSPS) is 9.68. The minimum absolute atomic E-state index is 0.436. The summed E-state index contributed by atoms with van der Waals surface area (Å²) in [5, 5.41) is 13.9. The molecule has 0 heterocycles. The number of rotatable bonds is 3. The molecule has 0 saturated carbocycles. The molecule has 2 aromatic rings. The van der Waals surface area contributed by atoms with Gasteiger partial charge in [0.1, 0.15) is 0 Å². The summed E-state index contributed by atoms with van der Waals surface area (Å²) in [7, 11) is 0. The molecule has 0 unspecified atom stereocenters. The Kier molecular flexibility index (Phi) is 3.78. The quantitative estimate of drug-likeness (QED) is 0.737. The molecular formula is C14H12N2O3. The molecule has 3 N–H and O–H groups in total. The highest BCUT2D eigenvalue weighted by Crippen LogP contribution is 2.18. The summed E-state index contributed by atoms with van der Waals surface area (Å²) in [5.41, 5.74) is 2.23. The average molecular weight is 256 g/mol. The molecule has 0 spiro atoms. The number of nitrogens with one attached hydrogen (secondary N) is 2. The molecule has 0 saturated heterocycles. The molecule has 96 valence electrons. The number of hydrogen-bond donors (Lipinski definition) is 3. The van der Waals surface area contributed by atoms with Gasteiger partial charge in [-0.25, -0.2) is 4.79 Å². The van der Waals surface area contributed by atoms with Gasteiger partial charge in [0, 0.05) is 17.1 Å². The van der Waals surface area contributed by atoms with Gasteiger partial charge in [-0.2, -0.15) is 0 Å². The molecule has 1 amide bonds. The van der Waals surface area contributed by atoms with Crippen molar-refractivity contribution < 1.29 is 14.7 Å². The van der Waals surface area contributed by atoms with Crippen LogP contribution in [-0.4, -0.2) is 17.0 Å². The minimum atomic E-state index is -1.51. The Morgan fingerprint density at radius 1 is 0.789 bits per heavy atom. The van der Waals surface area contributed by atoms with Crippen LogP contribution >= 0.6 is 0 Å². The molecule has 0 aliphatic rings. The minimum Gasteiger partial charge on any atom is -0.474 e. The van der Waals surface area contributed by atoms with E-state index in [1.54, 1.807) is 24.3 Å². The summed E-state index contributed by atoms with van der Waals surface area (Å²) in [6.45, 7) is 0.